The maximum atomic E-state index is 11.7. The lowest BCUT2D eigenvalue weighted by atomic mass is 10.2. The van der Waals surface area contributed by atoms with Gasteiger partial charge in [0.1, 0.15) is 18.9 Å². The number of likely N-dealkylation sites (tertiary alicyclic amines) is 1. The minimum Gasteiger partial charge on any atom is -0.867 e. The molecule has 5 heteroatoms. The van der Waals surface area contributed by atoms with Crippen LogP contribution in [0.3, 0.4) is 0 Å². The van der Waals surface area contributed by atoms with Crippen LogP contribution in [0, 0.1) is 0 Å². The maximum Gasteiger partial charge on any atom is 0.177 e. The van der Waals surface area contributed by atoms with E-state index < -0.39 is 11.2 Å². The number of rotatable bonds is 3. The Labute approximate surface area is 106 Å². The number of hydrogen-bond donors (Lipinski definition) is 2. The summed E-state index contributed by atoms with van der Waals surface area (Å²) < 4.78 is 5.30. The van der Waals surface area contributed by atoms with E-state index in [9.17, 15) is 9.90 Å². The van der Waals surface area contributed by atoms with Gasteiger partial charge in [-0.15, -0.1) is 0 Å². The average Bonchev–Trinajstić information content (AvgIpc) is 2.63. The Morgan fingerprint density at radius 2 is 1.94 bits per heavy atom. The van der Waals surface area contributed by atoms with Crippen molar-refractivity contribution in [1.29, 1.82) is 0 Å². The van der Waals surface area contributed by atoms with Crippen LogP contribution >= 0.6 is 0 Å². The molecule has 0 atom stereocenters. The van der Waals surface area contributed by atoms with E-state index in [-0.39, 0.29) is 18.1 Å². The van der Waals surface area contributed by atoms with Crippen molar-refractivity contribution in [2.24, 2.45) is 0 Å². The zero-order valence-electron chi connectivity index (χ0n) is 10.4. The summed E-state index contributed by atoms with van der Waals surface area (Å²) in [4.78, 5) is 12.7. The summed E-state index contributed by atoms with van der Waals surface area (Å²) in [5.74, 6) is -0.212. The second-order valence-corrected chi connectivity index (χ2v) is 4.83. The average molecular weight is 253 g/mol. The van der Waals surface area contributed by atoms with Crippen molar-refractivity contribution < 1.29 is 19.5 Å². The summed E-state index contributed by atoms with van der Waals surface area (Å²) in [7, 11) is 0. The van der Waals surface area contributed by atoms with Crippen molar-refractivity contribution in [3.05, 3.63) is 27.8 Å². The van der Waals surface area contributed by atoms with Crippen LogP contribution in [0.2, 0.25) is 0 Å². The van der Waals surface area contributed by atoms with Gasteiger partial charge in [0.05, 0.1) is 13.1 Å². The predicted molar refractivity (Wildman–Crippen MR) is 63.2 cm³/mol. The molecule has 100 valence electrons. The lowest BCUT2D eigenvalue weighted by Gasteiger charge is -2.19. The van der Waals surface area contributed by atoms with Crippen molar-refractivity contribution in [3.63, 3.8) is 0 Å². The van der Waals surface area contributed by atoms with Crippen LogP contribution < -0.4 is 15.4 Å². The van der Waals surface area contributed by atoms with Gasteiger partial charge in [-0.3, -0.25) is 4.79 Å². The monoisotopic (exact) mass is 253 g/mol. The summed E-state index contributed by atoms with van der Waals surface area (Å²) in [6.07, 6.45) is 4.75. The van der Waals surface area contributed by atoms with Gasteiger partial charge in [-0.1, -0.05) is 0 Å². The molecule has 0 bridgehead atoms. The maximum absolute atomic E-state index is 11.7. The molecule has 2 heterocycles. The summed E-state index contributed by atoms with van der Waals surface area (Å²) in [5.41, 5.74) is -0.588. The molecule has 1 fully saturated rings. The molecule has 1 aliphatic heterocycles. The number of nitrogens with one attached hydrogen (secondary N) is 1. The highest BCUT2D eigenvalue weighted by atomic mass is 16.4. The van der Waals surface area contributed by atoms with Crippen molar-refractivity contribution in [2.75, 3.05) is 13.1 Å². The summed E-state index contributed by atoms with van der Waals surface area (Å²) >= 11 is 0. The van der Waals surface area contributed by atoms with E-state index in [1.807, 2.05) is 0 Å². The van der Waals surface area contributed by atoms with Gasteiger partial charge < -0.3 is 19.5 Å². The SMILES string of the molecule is O=c1cc(CO)oc(C[NH+]2CCCCCC2)c1[O-]. The van der Waals surface area contributed by atoms with Crippen molar-refractivity contribution in [2.45, 2.75) is 38.8 Å². The van der Waals surface area contributed by atoms with Crippen LogP contribution in [0.5, 0.6) is 5.75 Å². The lowest BCUT2D eigenvalue weighted by Crippen LogP contribution is -3.10. The molecule has 2 rings (SSSR count). The molecule has 0 unspecified atom stereocenters. The van der Waals surface area contributed by atoms with Crippen molar-refractivity contribution in [1.82, 2.24) is 0 Å². The molecular formula is C13H19NO4. The minimum atomic E-state index is -0.588. The van der Waals surface area contributed by atoms with Gasteiger partial charge in [0.15, 0.2) is 11.2 Å². The van der Waals surface area contributed by atoms with Gasteiger partial charge in [0, 0.05) is 6.07 Å². The molecule has 1 aromatic rings. The first kappa shape index (κ1) is 13.1. The summed E-state index contributed by atoms with van der Waals surface area (Å²) in [5, 5.41) is 20.7. The molecule has 0 amide bonds. The fourth-order valence-corrected chi connectivity index (χ4v) is 2.41. The molecular weight excluding hydrogens is 234 g/mol. The topological polar surface area (TPSA) is 77.9 Å². The molecule has 0 spiro atoms. The van der Waals surface area contributed by atoms with Crippen molar-refractivity contribution >= 4 is 0 Å². The lowest BCUT2D eigenvalue weighted by molar-refractivity contribution is -0.914. The van der Waals surface area contributed by atoms with E-state index in [0.29, 0.717) is 6.54 Å². The first-order chi connectivity index (χ1) is 8.70. The fourth-order valence-electron chi connectivity index (χ4n) is 2.41. The number of aliphatic hydroxyl groups excluding tert-OH is 1. The van der Waals surface area contributed by atoms with Gasteiger partial charge in [-0.05, 0) is 31.4 Å². The molecule has 1 aromatic heterocycles. The van der Waals surface area contributed by atoms with E-state index in [1.165, 1.54) is 17.7 Å². The van der Waals surface area contributed by atoms with Crippen LogP contribution in [0.25, 0.3) is 0 Å². The Morgan fingerprint density at radius 3 is 2.56 bits per heavy atom. The van der Waals surface area contributed by atoms with Crippen LogP contribution in [-0.4, -0.2) is 18.2 Å². The highest BCUT2D eigenvalue weighted by Gasteiger charge is 2.15. The first-order valence-corrected chi connectivity index (χ1v) is 6.48. The summed E-state index contributed by atoms with van der Waals surface area (Å²) in [6.45, 7) is 2.11. The zero-order chi connectivity index (χ0) is 13.0. The molecule has 0 radical (unpaired) electrons. The largest absolute Gasteiger partial charge is 0.867 e. The Balaban J connectivity index is 2.16. The second-order valence-electron chi connectivity index (χ2n) is 4.83. The molecule has 1 saturated heterocycles. The predicted octanol–water partition coefficient (Wildman–Crippen LogP) is -0.835. The fraction of sp³-hybridized carbons (Fsp3) is 0.615. The number of hydrogen-bond acceptors (Lipinski definition) is 4. The quantitative estimate of drug-likeness (QED) is 0.736. The Hall–Kier alpha value is -1.33. The third-order valence-electron chi connectivity index (χ3n) is 3.40. The van der Waals surface area contributed by atoms with Crippen LogP contribution in [-0.2, 0) is 13.2 Å². The first-order valence-electron chi connectivity index (χ1n) is 6.48. The van der Waals surface area contributed by atoms with Gasteiger partial charge in [-0.2, -0.15) is 0 Å². The van der Waals surface area contributed by atoms with Gasteiger partial charge in [-0.25, -0.2) is 0 Å². The highest BCUT2D eigenvalue weighted by molar-refractivity contribution is 5.22. The number of quaternary nitrogens is 1. The molecule has 0 aliphatic carbocycles. The molecule has 1 aliphatic rings. The standard InChI is InChI=1S/C13H19NO4/c15-9-10-7-11(16)13(17)12(18-10)8-14-5-3-1-2-4-6-14/h7,15,17H,1-6,8-9H2. The third kappa shape index (κ3) is 3.11. The molecule has 18 heavy (non-hydrogen) atoms. The van der Waals surface area contributed by atoms with Crippen LogP contribution in [0.15, 0.2) is 15.3 Å². The molecule has 5 nitrogen and oxygen atoms in total. The van der Waals surface area contributed by atoms with Crippen LogP contribution in [0.4, 0.5) is 0 Å². The van der Waals surface area contributed by atoms with E-state index in [1.54, 1.807) is 0 Å². The summed E-state index contributed by atoms with van der Waals surface area (Å²) in [6, 6.07) is 1.07. The van der Waals surface area contributed by atoms with E-state index >= 15 is 0 Å². The van der Waals surface area contributed by atoms with Crippen LogP contribution in [0.1, 0.15) is 37.2 Å². The molecule has 0 saturated carbocycles. The van der Waals surface area contributed by atoms with Gasteiger partial charge >= 0.3 is 0 Å². The minimum absolute atomic E-state index is 0.170. The highest BCUT2D eigenvalue weighted by Crippen LogP contribution is 2.10. The zero-order valence-corrected chi connectivity index (χ0v) is 10.4. The third-order valence-corrected chi connectivity index (χ3v) is 3.40. The van der Waals surface area contributed by atoms with E-state index in [2.05, 4.69) is 0 Å². The normalized spacial score (nSPS) is 17.6. The molecule has 2 N–H and O–H groups in total. The smallest absolute Gasteiger partial charge is 0.177 e. The molecule has 0 aromatic carbocycles. The van der Waals surface area contributed by atoms with Gasteiger partial charge in [0.2, 0.25) is 0 Å². The Bertz CT molecular complexity index is 447. The number of aliphatic hydroxyl groups is 1. The van der Waals surface area contributed by atoms with E-state index in [4.69, 9.17) is 9.52 Å². The van der Waals surface area contributed by atoms with Gasteiger partial charge in [0.25, 0.3) is 0 Å². The van der Waals surface area contributed by atoms with E-state index in [0.717, 1.165) is 32.0 Å². The Morgan fingerprint density at radius 1 is 1.28 bits per heavy atom. The second kappa shape index (κ2) is 6.02. The Kier molecular flexibility index (Phi) is 4.38. The van der Waals surface area contributed by atoms with Crippen molar-refractivity contribution in [3.8, 4) is 5.75 Å².